The van der Waals surface area contributed by atoms with Crippen molar-refractivity contribution in [3.05, 3.63) is 71.0 Å². The number of nitrogens with two attached hydrogens (primary N) is 1. The Morgan fingerprint density at radius 3 is 2.38 bits per heavy atom. The van der Waals surface area contributed by atoms with E-state index >= 15 is 0 Å². The maximum absolute atomic E-state index is 14.0. The second-order valence-corrected chi connectivity index (χ2v) is 5.07. The first-order chi connectivity index (χ1) is 10.2. The summed E-state index contributed by atoms with van der Waals surface area (Å²) in [7, 11) is 0. The molecule has 0 bridgehead atoms. The van der Waals surface area contributed by atoms with Gasteiger partial charge in [0.25, 0.3) is 0 Å². The first kappa shape index (κ1) is 13.9. The normalized spacial score (nSPS) is 10.8. The summed E-state index contributed by atoms with van der Waals surface area (Å²) in [4.78, 5) is 0. The number of fused-ring (bicyclic) bond motifs is 1. The van der Waals surface area contributed by atoms with E-state index in [-0.39, 0.29) is 5.75 Å². The van der Waals surface area contributed by atoms with Gasteiger partial charge in [0.05, 0.1) is 0 Å². The smallest absolute Gasteiger partial charge is 0.166 e. The van der Waals surface area contributed by atoms with E-state index in [0.29, 0.717) is 17.3 Å². The number of ether oxygens (including phenoxy) is 1. The minimum Gasteiger partial charge on any atom is -0.454 e. The van der Waals surface area contributed by atoms with Crippen LogP contribution in [0, 0.1) is 5.82 Å². The molecule has 0 aliphatic rings. The van der Waals surface area contributed by atoms with Crippen LogP contribution in [0.1, 0.15) is 5.56 Å². The van der Waals surface area contributed by atoms with Gasteiger partial charge in [-0.25, -0.2) is 4.39 Å². The minimum atomic E-state index is -0.433. The monoisotopic (exact) mass is 301 g/mol. The lowest BCUT2D eigenvalue weighted by atomic mass is 10.1. The fourth-order valence-electron chi connectivity index (χ4n) is 2.20. The van der Waals surface area contributed by atoms with Crippen molar-refractivity contribution >= 4 is 22.4 Å². The number of rotatable bonds is 3. The Kier molecular flexibility index (Phi) is 3.78. The molecule has 0 saturated carbocycles. The third kappa shape index (κ3) is 2.71. The highest BCUT2D eigenvalue weighted by Gasteiger charge is 2.09. The standard InChI is InChI=1S/C17H13ClFNO/c18-14-6-8-16(13-4-2-1-3-12(13)14)21-17-7-5-11(10-20)9-15(17)19/h1-9H,10,20H2. The highest BCUT2D eigenvalue weighted by Crippen LogP contribution is 2.34. The van der Waals surface area contributed by atoms with Gasteiger partial charge in [-0.1, -0.05) is 41.9 Å². The second kappa shape index (κ2) is 5.72. The van der Waals surface area contributed by atoms with Gasteiger partial charge in [-0.15, -0.1) is 0 Å². The molecule has 0 unspecified atom stereocenters. The molecule has 0 aliphatic carbocycles. The molecule has 0 heterocycles. The molecule has 3 rings (SSSR count). The van der Waals surface area contributed by atoms with E-state index in [4.69, 9.17) is 22.1 Å². The van der Waals surface area contributed by atoms with E-state index in [0.717, 1.165) is 16.3 Å². The highest BCUT2D eigenvalue weighted by atomic mass is 35.5. The molecule has 0 radical (unpaired) electrons. The molecule has 0 aliphatic heterocycles. The molecule has 3 aromatic rings. The van der Waals surface area contributed by atoms with E-state index in [2.05, 4.69) is 0 Å². The quantitative estimate of drug-likeness (QED) is 0.748. The van der Waals surface area contributed by atoms with Crippen LogP contribution in [0.2, 0.25) is 5.02 Å². The summed E-state index contributed by atoms with van der Waals surface area (Å²) in [5.74, 6) is 0.297. The Hall–Kier alpha value is -2.10. The van der Waals surface area contributed by atoms with Crippen molar-refractivity contribution in [2.45, 2.75) is 6.54 Å². The van der Waals surface area contributed by atoms with Gasteiger partial charge in [0, 0.05) is 22.3 Å². The van der Waals surface area contributed by atoms with Crippen molar-refractivity contribution in [1.29, 1.82) is 0 Å². The van der Waals surface area contributed by atoms with Crippen LogP contribution in [0.25, 0.3) is 10.8 Å². The third-order valence-corrected chi connectivity index (χ3v) is 3.61. The predicted molar refractivity (Wildman–Crippen MR) is 83.3 cm³/mol. The molecule has 106 valence electrons. The zero-order chi connectivity index (χ0) is 14.8. The second-order valence-electron chi connectivity index (χ2n) is 4.66. The van der Waals surface area contributed by atoms with Gasteiger partial charge < -0.3 is 10.5 Å². The van der Waals surface area contributed by atoms with Gasteiger partial charge in [-0.3, -0.25) is 0 Å². The van der Waals surface area contributed by atoms with E-state index in [9.17, 15) is 4.39 Å². The zero-order valence-electron chi connectivity index (χ0n) is 11.1. The van der Waals surface area contributed by atoms with E-state index in [1.165, 1.54) is 6.07 Å². The molecule has 0 amide bonds. The van der Waals surface area contributed by atoms with Gasteiger partial charge in [0.1, 0.15) is 5.75 Å². The van der Waals surface area contributed by atoms with Crippen LogP contribution < -0.4 is 10.5 Å². The van der Waals surface area contributed by atoms with Gasteiger partial charge in [0.15, 0.2) is 11.6 Å². The van der Waals surface area contributed by atoms with Crippen LogP contribution in [0.15, 0.2) is 54.6 Å². The molecule has 2 nitrogen and oxygen atoms in total. The molecule has 21 heavy (non-hydrogen) atoms. The molecule has 0 fully saturated rings. The molecule has 3 aromatic carbocycles. The Morgan fingerprint density at radius 1 is 0.952 bits per heavy atom. The van der Waals surface area contributed by atoms with Gasteiger partial charge in [-0.2, -0.15) is 0 Å². The summed E-state index contributed by atoms with van der Waals surface area (Å²) in [6.45, 7) is 0.293. The first-order valence-corrected chi connectivity index (χ1v) is 6.90. The summed E-state index contributed by atoms with van der Waals surface area (Å²) < 4.78 is 19.7. The molecular formula is C17H13ClFNO. The van der Waals surface area contributed by atoms with Crippen molar-refractivity contribution in [3.63, 3.8) is 0 Å². The summed E-state index contributed by atoms with van der Waals surface area (Å²) in [5, 5.41) is 2.35. The number of halogens is 2. The lowest BCUT2D eigenvalue weighted by molar-refractivity contribution is 0.446. The van der Waals surface area contributed by atoms with E-state index < -0.39 is 5.82 Å². The predicted octanol–water partition coefficient (Wildman–Crippen LogP) is 4.88. The SMILES string of the molecule is NCc1ccc(Oc2ccc(Cl)c3ccccc23)c(F)c1. The number of hydrogen-bond acceptors (Lipinski definition) is 2. The summed E-state index contributed by atoms with van der Waals surface area (Å²) in [6.07, 6.45) is 0. The largest absolute Gasteiger partial charge is 0.454 e. The fourth-order valence-corrected chi connectivity index (χ4v) is 2.42. The lowest BCUT2D eigenvalue weighted by Crippen LogP contribution is -1.97. The third-order valence-electron chi connectivity index (χ3n) is 3.28. The van der Waals surface area contributed by atoms with Crippen molar-refractivity contribution in [2.24, 2.45) is 5.73 Å². The minimum absolute atomic E-state index is 0.166. The summed E-state index contributed by atoms with van der Waals surface area (Å²) in [6, 6.07) is 15.8. The van der Waals surface area contributed by atoms with Gasteiger partial charge in [0.2, 0.25) is 0 Å². The van der Waals surface area contributed by atoms with Crippen LogP contribution >= 0.6 is 11.6 Å². The van der Waals surface area contributed by atoms with E-state index in [1.807, 2.05) is 24.3 Å². The van der Waals surface area contributed by atoms with Crippen molar-refractivity contribution in [1.82, 2.24) is 0 Å². The van der Waals surface area contributed by atoms with Crippen LogP contribution in [0.4, 0.5) is 4.39 Å². The molecule has 0 aromatic heterocycles. The molecule has 4 heteroatoms. The average molecular weight is 302 g/mol. The highest BCUT2D eigenvalue weighted by molar-refractivity contribution is 6.35. The summed E-state index contributed by atoms with van der Waals surface area (Å²) in [5.41, 5.74) is 6.21. The van der Waals surface area contributed by atoms with Crippen LogP contribution in [-0.2, 0) is 6.54 Å². The molecule has 0 spiro atoms. The lowest BCUT2D eigenvalue weighted by Gasteiger charge is -2.11. The fraction of sp³-hybridized carbons (Fsp3) is 0.0588. The average Bonchev–Trinajstić information content (AvgIpc) is 2.52. The zero-order valence-corrected chi connectivity index (χ0v) is 11.9. The Bertz CT molecular complexity index is 804. The van der Waals surface area contributed by atoms with Crippen molar-refractivity contribution in [2.75, 3.05) is 0 Å². The van der Waals surface area contributed by atoms with Crippen LogP contribution in [0.5, 0.6) is 11.5 Å². The molecule has 0 saturated heterocycles. The maximum Gasteiger partial charge on any atom is 0.166 e. The Morgan fingerprint density at radius 2 is 1.67 bits per heavy atom. The van der Waals surface area contributed by atoms with E-state index in [1.54, 1.807) is 24.3 Å². The number of hydrogen-bond donors (Lipinski definition) is 1. The Labute approximate surface area is 126 Å². The maximum atomic E-state index is 14.0. The van der Waals surface area contributed by atoms with Gasteiger partial charge in [-0.05, 0) is 29.8 Å². The topological polar surface area (TPSA) is 35.2 Å². The molecule has 0 atom stereocenters. The first-order valence-electron chi connectivity index (χ1n) is 6.52. The molecular weight excluding hydrogens is 289 g/mol. The van der Waals surface area contributed by atoms with Crippen LogP contribution in [-0.4, -0.2) is 0 Å². The number of benzene rings is 3. The molecule has 2 N–H and O–H groups in total. The summed E-state index contributed by atoms with van der Waals surface area (Å²) >= 11 is 6.16. The Balaban J connectivity index is 2.04. The van der Waals surface area contributed by atoms with Gasteiger partial charge >= 0.3 is 0 Å². The van der Waals surface area contributed by atoms with Crippen molar-refractivity contribution in [3.8, 4) is 11.5 Å². The van der Waals surface area contributed by atoms with Crippen molar-refractivity contribution < 1.29 is 9.13 Å². The van der Waals surface area contributed by atoms with Crippen LogP contribution in [0.3, 0.4) is 0 Å².